The van der Waals surface area contributed by atoms with Crippen molar-refractivity contribution in [1.29, 1.82) is 0 Å². The van der Waals surface area contributed by atoms with Gasteiger partial charge in [-0.25, -0.2) is 0 Å². The van der Waals surface area contributed by atoms with Crippen LogP contribution in [0.3, 0.4) is 0 Å². The normalized spacial score (nSPS) is 19.1. The molecule has 5 heteroatoms. The first-order valence-corrected chi connectivity index (χ1v) is 9.88. The van der Waals surface area contributed by atoms with Crippen LogP contribution in [0, 0.1) is 6.92 Å². The number of nitrogens with zero attached hydrogens (tertiary/aromatic N) is 2. The van der Waals surface area contributed by atoms with Crippen molar-refractivity contribution in [3.05, 3.63) is 65.7 Å². The van der Waals surface area contributed by atoms with E-state index >= 15 is 0 Å². The van der Waals surface area contributed by atoms with Crippen molar-refractivity contribution in [2.75, 3.05) is 31.1 Å². The van der Waals surface area contributed by atoms with Crippen molar-refractivity contribution in [2.24, 2.45) is 0 Å². The fourth-order valence-corrected chi connectivity index (χ4v) is 4.11. The van der Waals surface area contributed by atoms with E-state index in [2.05, 4.69) is 0 Å². The van der Waals surface area contributed by atoms with Crippen LogP contribution in [0.15, 0.2) is 54.6 Å². The second kappa shape index (κ2) is 7.76. The van der Waals surface area contributed by atoms with Crippen LogP contribution in [0.4, 0.5) is 5.69 Å². The van der Waals surface area contributed by atoms with Crippen molar-refractivity contribution in [1.82, 2.24) is 4.90 Å². The van der Waals surface area contributed by atoms with Crippen molar-refractivity contribution in [3.8, 4) is 0 Å². The third kappa shape index (κ3) is 3.80. The quantitative estimate of drug-likeness (QED) is 0.825. The highest BCUT2D eigenvalue weighted by molar-refractivity contribution is 5.95. The molecular weight excluding hydrogens is 352 g/mol. The van der Waals surface area contributed by atoms with Gasteiger partial charge in [0.15, 0.2) is 0 Å². The van der Waals surface area contributed by atoms with E-state index in [-0.39, 0.29) is 24.0 Å². The van der Waals surface area contributed by atoms with Crippen LogP contribution in [0.5, 0.6) is 0 Å². The van der Waals surface area contributed by atoms with Gasteiger partial charge in [-0.2, -0.15) is 0 Å². The number of amides is 2. The molecule has 5 nitrogen and oxygen atoms in total. The maximum Gasteiger partial charge on any atom is 0.253 e. The number of aryl methyl sites for hydroxylation is 1. The Kier molecular flexibility index (Phi) is 5.18. The lowest BCUT2D eigenvalue weighted by Gasteiger charge is -2.47. The summed E-state index contributed by atoms with van der Waals surface area (Å²) in [7, 11) is 0. The van der Waals surface area contributed by atoms with Crippen LogP contribution < -0.4 is 4.90 Å². The van der Waals surface area contributed by atoms with Crippen LogP contribution in [0.2, 0.25) is 0 Å². The molecule has 1 spiro atoms. The van der Waals surface area contributed by atoms with Gasteiger partial charge in [0.05, 0.1) is 18.6 Å². The summed E-state index contributed by atoms with van der Waals surface area (Å²) in [5.41, 5.74) is 2.79. The van der Waals surface area contributed by atoms with E-state index in [1.165, 1.54) is 0 Å². The van der Waals surface area contributed by atoms with Gasteiger partial charge in [0.2, 0.25) is 5.91 Å². The topological polar surface area (TPSA) is 49.9 Å². The van der Waals surface area contributed by atoms with Crippen molar-refractivity contribution in [3.63, 3.8) is 0 Å². The summed E-state index contributed by atoms with van der Waals surface area (Å²) in [5, 5.41) is 0. The summed E-state index contributed by atoms with van der Waals surface area (Å²) < 4.78 is 6.01. The molecule has 0 N–H and O–H groups in total. The van der Waals surface area contributed by atoms with E-state index < -0.39 is 0 Å². The summed E-state index contributed by atoms with van der Waals surface area (Å²) in [6.07, 6.45) is 1.95. The zero-order chi connectivity index (χ0) is 19.6. The molecule has 2 aromatic carbocycles. The first-order chi connectivity index (χ1) is 13.6. The zero-order valence-corrected chi connectivity index (χ0v) is 16.3. The molecule has 0 aliphatic carbocycles. The molecule has 2 aliphatic rings. The highest BCUT2D eigenvalue weighted by atomic mass is 16.5. The molecule has 2 fully saturated rings. The van der Waals surface area contributed by atoms with Crippen LogP contribution in [-0.2, 0) is 20.7 Å². The number of hydrogen-bond acceptors (Lipinski definition) is 3. The fourth-order valence-electron chi connectivity index (χ4n) is 4.11. The molecule has 0 saturated carbocycles. The van der Waals surface area contributed by atoms with E-state index in [0.717, 1.165) is 29.7 Å². The molecule has 2 aliphatic heterocycles. The summed E-state index contributed by atoms with van der Waals surface area (Å²) in [4.78, 5) is 28.9. The van der Waals surface area contributed by atoms with Crippen LogP contribution >= 0.6 is 0 Å². The molecule has 2 heterocycles. The Labute approximate surface area is 165 Å². The average molecular weight is 378 g/mol. The second-order valence-corrected chi connectivity index (χ2v) is 7.77. The van der Waals surface area contributed by atoms with Crippen molar-refractivity contribution >= 4 is 17.5 Å². The Bertz CT molecular complexity index is 857. The molecule has 0 unspecified atom stereocenters. The number of para-hydroxylation sites is 1. The first kappa shape index (κ1) is 18.7. The Morgan fingerprint density at radius 1 is 1.04 bits per heavy atom. The molecule has 146 valence electrons. The molecule has 0 atom stereocenters. The van der Waals surface area contributed by atoms with Crippen LogP contribution in [-0.4, -0.2) is 48.6 Å². The maximum absolute atomic E-state index is 12.7. The lowest BCUT2D eigenvalue weighted by Crippen LogP contribution is -2.59. The summed E-state index contributed by atoms with van der Waals surface area (Å²) in [6, 6.07) is 17.8. The molecule has 2 saturated heterocycles. The lowest BCUT2D eigenvalue weighted by atomic mass is 9.88. The number of carbonyl (C=O) groups excluding carboxylic acids is 2. The number of carbonyl (C=O) groups is 2. The lowest BCUT2D eigenvalue weighted by molar-refractivity contribution is -0.150. The number of benzene rings is 2. The summed E-state index contributed by atoms with van der Waals surface area (Å²) >= 11 is 0. The van der Waals surface area contributed by atoms with Gasteiger partial charge >= 0.3 is 0 Å². The van der Waals surface area contributed by atoms with Gasteiger partial charge in [-0.3, -0.25) is 9.59 Å². The highest BCUT2D eigenvalue weighted by Gasteiger charge is 2.43. The summed E-state index contributed by atoms with van der Waals surface area (Å²) in [5.74, 6) is 0.158. The van der Waals surface area contributed by atoms with Gasteiger partial charge in [-0.1, -0.05) is 42.5 Å². The predicted octanol–water partition coefficient (Wildman–Crippen LogP) is 2.96. The molecule has 2 aromatic rings. The van der Waals surface area contributed by atoms with E-state index in [1.807, 2.05) is 71.3 Å². The van der Waals surface area contributed by atoms with E-state index in [0.29, 0.717) is 26.1 Å². The molecule has 0 aromatic heterocycles. The Morgan fingerprint density at radius 2 is 1.71 bits per heavy atom. The number of morpholine rings is 1. The molecular formula is C23H26N2O3. The van der Waals surface area contributed by atoms with Gasteiger partial charge in [-0.05, 0) is 43.0 Å². The van der Waals surface area contributed by atoms with Gasteiger partial charge in [0.25, 0.3) is 5.91 Å². The number of hydrogen-bond donors (Lipinski definition) is 0. The minimum atomic E-state index is -0.358. The molecule has 0 bridgehead atoms. The first-order valence-electron chi connectivity index (χ1n) is 9.88. The second-order valence-electron chi connectivity index (χ2n) is 7.77. The zero-order valence-electron chi connectivity index (χ0n) is 16.3. The number of likely N-dealkylation sites (tertiary alicyclic amines) is 1. The fraction of sp³-hybridized carbons (Fsp3) is 0.391. The van der Waals surface area contributed by atoms with Gasteiger partial charge in [0.1, 0.15) is 6.61 Å². The minimum absolute atomic E-state index is 0.00474. The number of rotatable bonds is 3. The largest absolute Gasteiger partial charge is 0.363 e. The Hall–Kier alpha value is -2.66. The van der Waals surface area contributed by atoms with Gasteiger partial charge in [0, 0.05) is 18.8 Å². The highest BCUT2D eigenvalue weighted by Crippen LogP contribution is 2.33. The number of ether oxygens (including phenoxy) is 1. The monoisotopic (exact) mass is 378 g/mol. The van der Waals surface area contributed by atoms with Gasteiger partial charge < -0.3 is 14.5 Å². The standard InChI is InChI=1S/C23H26N2O3/c1-18-7-5-6-8-19(18)15-21(26)24-13-11-23(12-14-24)17-25(22(27)16-28-23)20-9-3-2-4-10-20/h2-10H,11-17H2,1H3. The molecule has 0 radical (unpaired) electrons. The van der Waals surface area contributed by atoms with Crippen molar-refractivity contribution in [2.45, 2.75) is 31.8 Å². The van der Waals surface area contributed by atoms with Gasteiger partial charge in [-0.15, -0.1) is 0 Å². The molecule has 2 amide bonds. The Balaban J connectivity index is 1.40. The average Bonchev–Trinajstić information content (AvgIpc) is 2.73. The minimum Gasteiger partial charge on any atom is -0.363 e. The summed E-state index contributed by atoms with van der Waals surface area (Å²) in [6.45, 7) is 4.03. The SMILES string of the molecule is Cc1ccccc1CC(=O)N1CCC2(CC1)CN(c1ccccc1)C(=O)CO2. The maximum atomic E-state index is 12.7. The third-order valence-electron chi connectivity index (χ3n) is 5.95. The Morgan fingerprint density at radius 3 is 2.43 bits per heavy atom. The van der Waals surface area contributed by atoms with Crippen LogP contribution in [0.1, 0.15) is 24.0 Å². The van der Waals surface area contributed by atoms with Crippen LogP contribution in [0.25, 0.3) is 0 Å². The van der Waals surface area contributed by atoms with E-state index in [4.69, 9.17) is 4.74 Å². The predicted molar refractivity (Wildman–Crippen MR) is 108 cm³/mol. The van der Waals surface area contributed by atoms with E-state index in [1.54, 1.807) is 0 Å². The van der Waals surface area contributed by atoms with E-state index in [9.17, 15) is 9.59 Å². The smallest absolute Gasteiger partial charge is 0.253 e. The number of anilines is 1. The van der Waals surface area contributed by atoms with Crippen molar-refractivity contribution < 1.29 is 14.3 Å². The number of piperidine rings is 1. The third-order valence-corrected chi connectivity index (χ3v) is 5.95. The molecule has 4 rings (SSSR count). The molecule has 28 heavy (non-hydrogen) atoms.